The third-order valence-electron chi connectivity index (χ3n) is 1.83. The first-order valence-corrected chi connectivity index (χ1v) is 5.46. The van der Waals surface area contributed by atoms with E-state index in [0.717, 1.165) is 0 Å². The maximum atomic E-state index is 5.76. The molecule has 1 heterocycles. The van der Waals surface area contributed by atoms with Crippen molar-refractivity contribution in [2.24, 2.45) is 0 Å². The molecular weight excluding hydrogens is 263 g/mol. The van der Waals surface area contributed by atoms with Gasteiger partial charge in [-0.1, -0.05) is 11.6 Å². The van der Waals surface area contributed by atoms with E-state index in [1.165, 1.54) is 0 Å². The van der Waals surface area contributed by atoms with Gasteiger partial charge in [0.2, 0.25) is 11.2 Å². The topological polar surface area (TPSA) is 59.9 Å². The normalized spacial score (nSPS) is 10.1. The molecule has 1 aromatic heterocycles. The number of aromatic nitrogens is 3. The van der Waals surface area contributed by atoms with Crippen LogP contribution >= 0.6 is 23.2 Å². The summed E-state index contributed by atoms with van der Waals surface area (Å²) in [6.45, 7) is 0. The van der Waals surface area contributed by atoms with E-state index >= 15 is 0 Å². The Labute approximate surface area is 108 Å². The monoisotopic (exact) mass is 270 g/mol. The molecule has 0 aliphatic heterocycles. The lowest BCUT2D eigenvalue weighted by atomic mass is 10.3. The third kappa shape index (κ3) is 3.18. The van der Waals surface area contributed by atoms with Gasteiger partial charge in [0.25, 0.3) is 0 Å². The second-order valence-electron chi connectivity index (χ2n) is 3.02. The number of rotatable bonds is 3. The maximum absolute atomic E-state index is 5.76. The van der Waals surface area contributed by atoms with Gasteiger partial charge in [-0.3, -0.25) is 0 Å². The van der Waals surface area contributed by atoms with Crippen LogP contribution in [0, 0.1) is 0 Å². The highest BCUT2D eigenvalue weighted by Gasteiger charge is 2.05. The minimum absolute atomic E-state index is 0.0633. The van der Waals surface area contributed by atoms with Crippen molar-refractivity contribution in [2.75, 3.05) is 12.4 Å². The van der Waals surface area contributed by atoms with Crippen molar-refractivity contribution in [3.63, 3.8) is 0 Å². The van der Waals surface area contributed by atoms with Crippen molar-refractivity contribution in [1.82, 2.24) is 15.0 Å². The summed E-state index contributed by atoms with van der Waals surface area (Å²) in [6.07, 6.45) is 0. The number of benzene rings is 1. The van der Waals surface area contributed by atoms with Crippen molar-refractivity contribution in [2.45, 2.75) is 0 Å². The Balaban J connectivity index is 2.23. The molecule has 5 nitrogen and oxygen atoms in total. The van der Waals surface area contributed by atoms with Crippen LogP contribution < -0.4 is 10.1 Å². The summed E-state index contributed by atoms with van der Waals surface area (Å²) in [7, 11) is 1.68. The molecule has 0 bridgehead atoms. The number of anilines is 1. The van der Waals surface area contributed by atoms with Crippen LogP contribution in [-0.4, -0.2) is 22.0 Å². The number of halogens is 2. The molecule has 0 spiro atoms. The standard InChI is InChI=1S/C10H8Cl2N4O/c1-13-9-14-8(12)15-10(16-9)17-7-4-2-6(11)3-5-7/h2-5H,1H3,(H,13,14,15,16). The smallest absolute Gasteiger partial charge is 0.328 e. The Morgan fingerprint density at radius 3 is 2.41 bits per heavy atom. The van der Waals surface area contributed by atoms with Gasteiger partial charge >= 0.3 is 6.01 Å². The lowest BCUT2D eigenvalue weighted by Gasteiger charge is -2.05. The molecule has 0 amide bonds. The molecule has 2 rings (SSSR count). The fraction of sp³-hybridized carbons (Fsp3) is 0.100. The predicted octanol–water partition coefficient (Wildman–Crippen LogP) is 3.01. The van der Waals surface area contributed by atoms with E-state index in [2.05, 4.69) is 20.3 Å². The van der Waals surface area contributed by atoms with Crippen LogP contribution in [0.5, 0.6) is 11.8 Å². The van der Waals surface area contributed by atoms with Crippen molar-refractivity contribution in [3.8, 4) is 11.8 Å². The first kappa shape index (κ1) is 11.9. The fourth-order valence-electron chi connectivity index (χ4n) is 1.10. The average molecular weight is 271 g/mol. The molecule has 0 radical (unpaired) electrons. The quantitative estimate of drug-likeness (QED) is 0.929. The van der Waals surface area contributed by atoms with Crippen LogP contribution in [0.15, 0.2) is 24.3 Å². The molecule has 0 saturated carbocycles. The van der Waals surface area contributed by atoms with Gasteiger partial charge in [-0.25, -0.2) is 0 Å². The second kappa shape index (κ2) is 5.16. The molecule has 88 valence electrons. The summed E-state index contributed by atoms with van der Waals surface area (Å²) in [5, 5.41) is 3.45. The number of nitrogens with zero attached hydrogens (tertiary/aromatic N) is 3. The van der Waals surface area contributed by atoms with E-state index < -0.39 is 0 Å². The van der Waals surface area contributed by atoms with E-state index in [1.54, 1.807) is 31.3 Å². The van der Waals surface area contributed by atoms with E-state index in [4.69, 9.17) is 27.9 Å². The number of hydrogen-bond acceptors (Lipinski definition) is 5. The maximum Gasteiger partial charge on any atom is 0.328 e. The van der Waals surface area contributed by atoms with Crippen LogP contribution in [0.2, 0.25) is 10.3 Å². The van der Waals surface area contributed by atoms with Gasteiger partial charge in [0.1, 0.15) is 5.75 Å². The van der Waals surface area contributed by atoms with Gasteiger partial charge in [0, 0.05) is 12.1 Å². The third-order valence-corrected chi connectivity index (χ3v) is 2.25. The molecule has 0 atom stereocenters. The van der Waals surface area contributed by atoms with Crippen molar-refractivity contribution in [3.05, 3.63) is 34.6 Å². The Hall–Kier alpha value is -1.59. The van der Waals surface area contributed by atoms with Gasteiger partial charge in [0.15, 0.2) is 0 Å². The Morgan fingerprint density at radius 2 is 1.76 bits per heavy atom. The van der Waals surface area contributed by atoms with E-state index in [0.29, 0.717) is 16.7 Å². The summed E-state index contributed by atoms with van der Waals surface area (Å²) in [5.74, 6) is 0.910. The molecule has 0 unspecified atom stereocenters. The largest absolute Gasteiger partial charge is 0.424 e. The minimum atomic E-state index is 0.0633. The van der Waals surface area contributed by atoms with Crippen molar-refractivity contribution in [1.29, 1.82) is 0 Å². The van der Waals surface area contributed by atoms with Crippen LogP contribution in [-0.2, 0) is 0 Å². The molecule has 7 heteroatoms. The van der Waals surface area contributed by atoms with Gasteiger partial charge < -0.3 is 10.1 Å². The number of nitrogens with one attached hydrogen (secondary N) is 1. The first-order valence-electron chi connectivity index (χ1n) is 4.70. The predicted molar refractivity (Wildman–Crippen MR) is 65.9 cm³/mol. The summed E-state index contributed by atoms with van der Waals surface area (Å²) >= 11 is 11.5. The van der Waals surface area contributed by atoms with Crippen molar-refractivity contribution < 1.29 is 4.74 Å². The van der Waals surface area contributed by atoms with Crippen molar-refractivity contribution >= 4 is 29.2 Å². The molecule has 2 aromatic rings. The summed E-state index contributed by atoms with van der Waals surface area (Å²) < 4.78 is 5.41. The summed E-state index contributed by atoms with van der Waals surface area (Å²) in [4.78, 5) is 11.7. The van der Waals surface area contributed by atoms with Crippen LogP contribution in [0.4, 0.5) is 5.95 Å². The van der Waals surface area contributed by atoms with Gasteiger partial charge in [-0.2, -0.15) is 15.0 Å². The minimum Gasteiger partial charge on any atom is -0.424 e. The van der Waals surface area contributed by atoms with Crippen LogP contribution in [0.1, 0.15) is 0 Å². The van der Waals surface area contributed by atoms with E-state index in [9.17, 15) is 0 Å². The molecular formula is C10H8Cl2N4O. The van der Waals surface area contributed by atoms with Gasteiger partial charge in [-0.05, 0) is 35.9 Å². The molecule has 1 aromatic carbocycles. The molecule has 0 aliphatic rings. The second-order valence-corrected chi connectivity index (χ2v) is 3.79. The zero-order valence-electron chi connectivity index (χ0n) is 8.82. The van der Waals surface area contributed by atoms with Gasteiger partial charge in [0.05, 0.1) is 0 Å². The Morgan fingerprint density at radius 1 is 1.06 bits per heavy atom. The SMILES string of the molecule is CNc1nc(Cl)nc(Oc2ccc(Cl)cc2)n1. The Bertz CT molecular complexity index is 518. The van der Waals surface area contributed by atoms with Crippen LogP contribution in [0.25, 0.3) is 0 Å². The zero-order chi connectivity index (χ0) is 12.3. The van der Waals surface area contributed by atoms with Gasteiger partial charge in [-0.15, -0.1) is 0 Å². The lowest BCUT2D eigenvalue weighted by Crippen LogP contribution is -2.01. The first-order chi connectivity index (χ1) is 8.17. The lowest BCUT2D eigenvalue weighted by molar-refractivity contribution is 0.440. The molecule has 0 saturated heterocycles. The number of hydrogen-bond donors (Lipinski definition) is 1. The fourth-order valence-corrected chi connectivity index (χ4v) is 1.38. The summed E-state index contributed by atoms with van der Waals surface area (Å²) in [5.41, 5.74) is 0. The molecule has 0 aliphatic carbocycles. The molecule has 1 N–H and O–H groups in total. The number of ether oxygens (including phenoxy) is 1. The highest BCUT2D eigenvalue weighted by molar-refractivity contribution is 6.30. The molecule has 0 fully saturated rings. The average Bonchev–Trinajstić information content (AvgIpc) is 2.31. The summed E-state index contributed by atoms with van der Waals surface area (Å²) in [6, 6.07) is 6.95. The van der Waals surface area contributed by atoms with E-state index in [-0.39, 0.29) is 11.3 Å². The molecule has 17 heavy (non-hydrogen) atoms. The van der Waals surface area contributed by atoms with E-state index in [1.807, 2.05) is 0 Å². The zero-order valence-corrected chi connectivity index (χ0v) is 10.3. The highest BCUT2D eigenvalue weighted by Crippen LogP contribution is 2.21. The Kier molecular flexibility index (Phi) is 3.61. The highest BCUT2D eigenvalue weighted by atomic mass is 35.5. The van der Waals surface area contributed by atoms with Crippen LogP contribution in [0.3, 0.4) is 0 Å².